The maximum absolute atomic E-state index is 12.6. The number of thiocarbonyl (C=S) groups is 1. The van der Waals surface area contributed by atoms with Crippen molar-refractivity contribution >= 4 is 45.0 Å². The van der Waals surface area contributed by atoms with E-state index in [0.29, 0.717) is 22.8 Å². The van der Waals surface area contributed by atoms with E-state index in [0.717, 1.165) is 10.0 Å². The van der Waals surface area contributed by atoms with Gasteiger partial charge in [0.2, 0.25) is 0 Å². The Bertz CT molecular complexity index is 910. The molecule has 0 aliphatic carbocycles. The minimum atomic E-state index is -0.396. The highest BCUT2D eigenvalue weighted by atomic mass is 79.9. The molecule has 0 aliphatic heterocycles. The number of rotatable bonds is 3. The number of hydrogen-bond donors (Lipinski definition) is 2. The van der Waals surface area contributed by atoms with Crippen LogP contribution in [0, 0.1) is 6.92 Å². The Morgan fingerprint density at radius 2 is 1.96 bits per heavy atom. The summed E-state index contributed by atoms with van der Waals surface area (Å²) in [6.45, 7) is 1.68. The summed E-state index contributed by atoms with van der Waals surface area (Å²) in [7, 11) is 0. The van der Waals surface area contributed by atoms with Crippen LogP contribution in [0.5, 0.6) is 0 Å². The zero-order chi connectivity index (χ0) is 17.8. The van der Waals surface area contributed by atoms with Crippen LogP contribution in [0.4, 0.5) is 5.82 Å². The summed E-state index contributed by atoms with van der Waals surface area (Å²) in [6.07, 6.45) is 1.63. The highest BCUT2D eigenvalue weighted by Gasteiger charge is 2.22. The van der Waals surface area contributed by atoms with Crippen LogP contribution in [0.2, 0.25) is 0 Å². The van der Waals surface area contributed by atoms with Crippen molar-refractivity contribution in [3.8, 4) is 11.3 Å². The highest BCUT2D eigenvalue weighted by molar-refractivity contribution is 9.10. The van der Waals surface area contributed by atoms with E-state index in [4.69, 9.17) is 16.7 Å². The molecule has 2 aromatic heterocycles. The first-order valence-electron chi connectivity index (χ1n) is 7.30. The van der Waals surface area contributed by atoms with Gasteiger partial charge in [-0.15, -0.1) is 0 Å². The van der Waals surface area contributed by atoms with E-state index in [1.165, 1.54) is 0 Å². The molecule has 1 aromatic carbocycles. The standard InChI is InChI=1S/C17H13BrN4O2S/c1-10-14(15(22-24-10)11-5-3-2-4-6-11)16(23)21-17(25)20-13-8-7-12(18)9-19-13/h2-9H,1H3,(H2,19,20,21,23,25). The van der Waals surface area contributed by atoms with Gasteiger partial charge in [-0.25, -0.2) is 4.98 Å². The quantitative estimate of drug-likeness (QED) is 0.629. The average Bonchev–Trinajstić information content (AvgIpc) is 2.99. The molecule has 0 aliphatic rings. The normalized spacial score (nSPS) is 10.3. The van der Waals surface area contributed by atoms with Crippen LogP contribution >= 0.6 is 28.1 Å². The minimum Gasteiger partial charge on any atom is -0.360 e. The number of pyridine rings is 1. The van der Waals surface area contributed by atoms with Crippen LogP contribution < -0.4 is 10.6 Å². The van der Waals surface area contributed by atoms with Gasteiger partial charge in [0.15, 0.2) is 5.11 Å². The van der Waals surface area contributed by atoms with Crippen molar-refractivity contribution in [2.45, 2.75) is 6.92 Å². The SMILES string of the molecule is Cc1onc(-c2ccccc2)c1C(=O)NC(=S)Nc1ccc(Br)cn1. The van der Waals surface area contributed by atoms with Crippen LogP contribution in [-0.4, -0.2) is 21.2 Å². The van der Waals surface area contributed by atoms with Gasteiger partial charge in [0.1, 0.15) is 22.8 Å². The van der Waals surface area contributed by atoms with Gasteiger partial charge in [-0.05, 0) is 47.2 Å². The molecule has 0 fully saturated rings. The predicted molar refractivity (Wildman–Crippen MR) is 102 cm³/mol. The predicted octanol–water partition coefficient (Wildman–Crippen LogP) is 3.93. The van der Waals surface area contributed by atoms with E-state index in [9.17, 15) is 4.79 Å². The first kappa shape index (κ1) is 17.2. The minimum absolute atomic E-state index is 0.138. The Hall–Kier alpha value is -2.58. The zero-order valence-electron chi connectivity index (χ0n) is 13.1. The number of anilines is 1. The van der Waals surface area contributed by atoms with Crippen LogP contribution in [0.15, 0.2) is 57.7 Å². The molecule has 0 atom stereocenters. The lowest BCUT2D eigenvalue weighted by Crippen LogP contribution is -2.34. The zero-order valence-corrected chi connectivity index (χ0v) is 15.5. The largest absolute Gasteiger partial charge is 0.360 e. The monoisotopic (exact) mass is 416 g/mol. The Kier molecular flexibility index (Phi) is 5.20. The van der Waals surface area contributed by atoms with E-state index < -0.39 is 5.91 Å². The summed E-state index contributed by atoms with van der Waals surface area (Å²) >= 11 is 8.48. The third kappa shape index (κ3) is 4.09. The van der Waals surface area contributed by atoms with Gasteiger partial charge >= 0.3 is 0 Å². The average molecular weight is 417 g/mol. The number of carbonyl (C=O) groups is 1. The summed E-state index contributed by atoms with van der Waals surface area (Å²) in [5.41, 5.74) is 1.61. The molecule has 2 heterocycles. The first-order chi connectivity index (χ1) is 12.0. The van der Waals surface area contributed by atoms with Gasteiger partial charge in [-0.2, -0.15) is 0 Å². The van der Waals surface area contributed by atoms with Crippen molar-refractivity contribution in [3.63, 3.8) is 0 Å². The number of nitrogens with zero attached hydrogens (tertiary/aromatic N) is 2. The van der Waals surface area contributed by atoms with Crippen LogP contribution in [0.1, 0.15) is 16.1 Å². The fourth-order valence-electron chi connectivity index (χ4n) is 2.20. The summed E-state index contributed by atoms with van der Waals surface area (Å²) in [4.78, 5) is 16.8. The Balaban J connectivity index is 1.76. The molecule has 0 spiro atoms. The molecule has 0 saturated carbocycles. The van der Waals surface area contributed by atoms with Gasteiger partial charge in [-0.1, -0.05) is 35.5 Å². The summed E-state index contributed by atoms with van der Waals surface area (Å²) in [5, 5.41) is 9.61. The fraction of sp³-hybridized carbons (Fsp3) is 0.0588. The molecule has 0 radical (unpaired) electrons. The van der Waals surface area contributed by atoms with Crippen LogP contribution in [-0.2, 0) is 0 Å². The molecule has 2 N–H and O–H groups in total. The van der Waals surface area contributed by atoms with Crippen molar-refractivity contribution in [2.75, 3.05) is 5.32 Å². The lowest BCUT2D eigenvalue weighted by atomic mass is 10.1. The molecule has 3 aromatic rings. The Morgan fingerprint density at radius 3 is 2.64 bits per heavy atom. The van der Waals surface area contributed by atoms with Crippen LogP contribution in [0.25, 0.3) is 11.3 Å². The number of aryl methyl sites for hydroxylation is 1. The van der Waals surface area contributed by atoms with Gasteiger partial charge in [0.25, 0.3) is 5.91 Å². The first-order valence-corrected chi connectivity index (χ1v) is 8.50. The molecule has 3 rings (SSSR count). The van der Waals surface area contributed by atoms with Crippen molar-refractivity contribution in [1.29, 1.82) is 0 Å². The summed E-state index contributed by atoms with van der Waals surface area (Å²) in [5.74, 6) is 0.548. The van der Waals surface area contributed by atoms with Crippen LogP contribution in [0.3, 0.4) is 0 Å². The second kappa shape index (κ2) is 7.54. The molecular formula is C17H13BrN4O2S. The number of aromatic nitrogens is 2. The van der Waals surface area contributed by atoms with Crippen molar-refractivity contribution < 1.29 is 9.32 Å². The van der Waals surface area contributed by atoms with Gasteiger partial charge < -0.3 is 9.84 Å². The topological polar surface area (TPSA) is 80.0 Å². The number of carbonyl (C=O) groups excluding carboxylic acids is 1. The third-order valence-electron chi connectivity index (χ3n) is 3.33. The molecule has 1 amide bonds. The number of hydrogen-bond acceptors (Lipinski definition) is 5. The maximum Gasteiger partial charge on any atom is 0.263 e. The summed E-state index contributed by atoms with van der Waals surface area (Å²) < 4.78 is 6.04. The van der Waals surface area contributed by atoms with Gasteiger partial charge in [0, 0.05) is 16.2 Å². The lowest BCUT2D eigenvalue weighted by Gasteiger charge is -2.09. The molecule has 0 unspecified atom stereocenters. The van der Waals surface area contributed by atoms with Gasteiger partial charge in [-0.3, -0.25) is 10.1 Å². The molecule has 126 valence electrons. The number of halogens is 1. The number of nitrogens with one attached hydrogen (secondary N) is 2. The Labute approximate surface area is 157 Å². The second-order valence-electron chi connectivity index (χ2n) is 5.10. The van der Waals surface area contributed by atoms with Crippen molar-refractivity contribution in [1.82, 2.24) is 15.5 Å². The van der Waals surface area contributed by atoms with Gasteiger partial charge in [0.05, 0.1) is 0 Å². The molecule has 0 saturated heterocycles. The van der Waals surface area contributed by atoms with E-state index >= 15 is 0 Å². The highest BCUT2D eigenvalue weighted by Crippen LogP contribution is 2.24. The maximum atomic E-state index is 12.6. The number of benzene rings is 1. The molecule has 0 bridgehead atoms. The Morgan fingerprint density at radius 1 is 1.20 bits per heavy atom. The lowest BCUT2D eigenvalue weighted by molar-refractivity contribution is 0.0977. The molecular weight excluding hydrogens is 404 g/mol. The molecule has 8 heteroatoms. The number of amides is 1. The van der Waals surface area contributed by atoms with Crippen molar-refractivity contribution in [3.05, 3.63) is 64.5 Å². The van der Waals surface area contributed by atoms with E-state index in [1.54, 1.807) is 19.2 Å². The third-order valence-corrected chi connectivity index (χ3v) is 4.01. The smallest absolute Gasteiger partial charge is 0.263 e. The molecule has 25 heavy (non-hydrogen) atoms. The second-order valence-corrected chi connectivity index (χ2v) is 6.42. The van der Waals surface area contributed by atoms with Crippen molar-refractivity contribution in [2.24, 2.45) is 0 Å². The fourth-order valence-corrected chi connectivity index (χ4v) is 2.63. The van der Waals surface area contributed by atoms with E-state index in [1.807, 2.05) is 36.4 Å². The van der Waals surface area contributed by atoms with E-state index in [-0.39, 0.29) is 5.11 Å². The summed E-state index contributed by atoms with van der Waals surface area (Å²) in [6, 6.07) is 12.9. The molecule has 6 nitrogen and oxygen atoms in total. The van der Waals surface area contributed by atoms with E-state index in [2.05, 4.69) is 36.7 Å².